The monoisotopic (exact) mass is 420 g/mol. The van der Waals surface area contributed by atoms with Gasteiger partial charge in [0.05, 0.1) is 18.7 Å². The van der Waals surface area contributed by atoms with Crippen molar-refractivity contribution in [2.45, 2.75) is 33.7 Å². The van der Waals surface area contributed by atoms with Crippen molar-refractivity contribution in [3.63, 3.8) is 0 Å². The van der Waals surface area contributed by atoms with Gasteiger partial charge in [-0.1, -0.05) is 18.2 Å². The summed E-state index contributed by atoms with van der Waals surface area (Å²) in [5.41, 5.74) is 4.24. The van der Waals surface area contributed by atoms with Crippen molar-refractivity contribution < 1.29 is 18.7 Å². The summed E-state index contributed by atoms with van der Waals surface area (Å²) in [5, 5.41) is 4.06. The van der Waals surface area contributed by atoms with Crippen LogP contribution in [0.2, 0.25) is 0 Å². The normalized spacial score (nSPS) is 11.2. The largest absolute Gasteiger partial charge is 0.490 e. The predicted molar refractivity (Wildman–Crippen MR) is 122 cm³/mol. The Morgan fingerprint density at radius 1 is 0.968 bits per heavy atom. The fourth-order valence-corrected chi connectivity index (χ4v) is 3.93. The number of nitrogens with one attached hydrogen (secondary N) is 1. The van der Waals surface area contributed by atoms with E-state index in [1.54, 1.807) is 0 Å². The Kier molecular flexibility index (Phi) is 6.16. The van der Waals surface area contributed by atoms with E-state index in [1.807, 2.05) is 73.9 Å². The van der Waals surface area contributed by atoms with Gasteiger partial charge in [0.2, 0.25) is 0 Å². The molecule has 0 bridgehead atoms. The van der Waals surface area contributed by atoms with Crippen molar-refractivity contribution in [1.29, 1.82) is 0 Å². The maximum atomic E-state index is 12.9. The third-order valence-electron chi connectivity index (χ3n) is 5.28. The highest BCUT2D eigenvalue weighted by Gasteiger charge is 2.19. The van der Waals surface area contributed by atoms with Crippen LogP contribution in [-0.4, -0.2) is 30.2 Å². The fourth-order valence-electron chi connectivity index (χ4n) is 3.93. The van der Waals surface area contributed by atoms with Crippen LogP contribution in [0.5, 0.6) is 11.5 Å². The van der Waals surface area contributed by atoms with E-state index >= 15 is 0 Å². The minimum atomic E-state index is -0.103. The van der Waals surface area contributed by atoms with Crippen LogP contribution in [0.4, 0.5) is 0 Å². The molecule has 1 amide bonds. The zero-order valence-corrected chi connectivity index (χ0v) is 18.2. The second kappa shape index (κ2) is 9.16. The van der Waals surface area contributed by atoms with Crippen molar-refractivity contribution in [3.8, 4) is 11.5 Å². The minimum Gasteiger partial charge on any atom is -0.490 e. The highest BCUT2D eigenvalue weighted by atomic mass is 16.5. The molecule has 0 atom stereocenters. The molecular weight excluding hydrogens is 392 g/mol. The number of carbonyl (C=O) groups is 1. The Hall–Kier alpha value is -3.41. The van der Waals surface area contributed by atoms with Gasteiger partial charge in [0.1, 0.15) is 11.3 Å². The number of aromatic nitrogens is 1. The molecule has 0 saturated heterocycles. The Labute approximate surface area is 181 Å². The molecule has 0 fully saturated rings. The van der Waals surface area contributed by atoms with Gasteiger partial charge >= 0.3 is 0 Å². The number of amides is 1. The lowest BCUT2D eigenvalue weighted by Gasteiger charge is -2.13. The van der Waals surface area contributed by atoms with Crippen LogP contribution in [0.15, 0.2) is 52.9 Å². The molecule has 0 unspecified atom stereocenters. The summed E-state index contributed by atoms with van der Waals surface area (Å²) in [6.07, 6.45) is 0.699. The summed E-state index contributed by atoms with van der Waals surface area (Å²) in [6.45, 7) is 8.31. The van der Waals surface area contributed by atoms with E-state index in [-0.39, 0.29) is 5.91 Å². The van der Waals surface area contributed by atoms with Crippen LogP contribution in [0.1, 0.15) is 36.8 Å². The second-order valence-corrected chi connectivity index (χ2v) is 7.24. The van der Waals surface area contributed by atoms with Crippen LogP contribution in [-0.2, 0) is 13.0 Å². The maximum Gasteiger partial charge on any atom is 0.268 e. The molecule has 31 heavy (non-hydrogen) atoms. The van der Waals surface area contributed by atoms with Gasteiger partial charge in [-0.15, -0.1) is 0 Å². The first kappa shape index (κ1) is 20.8. The van der Waals surface area contributed by atoms with Gasteiger partial charge in [-0.3, -0.25) is 4.79 Å². The molecule has 1 N–H and O–H groups in total. The van der Waals surface area contributed by atoms with E-state index in [1.165, 1.54) is 0 Å². The van der Waals surface area contributed by atoms with E-state index in [0.717, 1.165) is 39.1 Å². The van der Waals surface area contributed by atoms with Crippen LogP contribution in [0.25, 0.3) is 22.1 Å². The predicted octanol–water partition coefficient (Wildman–Crippen LogP) is 5.18. The number of fused-ring (bicyclic) bond motifs is 3. The molecule has 6 heteroatoms. The average molecular weight is 421 g/mol. The van der Waals surface area contributed by atoms with E-state index in [0.29, 0.717) is 38.4 Å². The van der Waals surface area contributed by atoms with E-state index < -0.39 is 0 Å². The number of benzene rings is 2. The number of para-hydroxylation sites is 1. The lowest BCUT2D eigenvalue weighted by Crippen LogP contribution is -2.27. The standard InChI is InChI=1S/C25H28N2O4/c1-4-27-19(16-23-24(27)18-9-7-8-10-20(18)31-23)25(28)26-14-13-17-11-12-21(29-5-2)22(15-17)30-6-3/h7-12,15-16H,4-6,13-14H2,1-3H3,(H,26,28). The molecule has 6 nitrogen and oxygen atoms in total. The van der Waals surface area contributed by atoms with Crippen LogP contribution >= 0.6 is 0 Å². The number of carbonyl (C=O) groups excluding carboxylic acids is 1. The maximum absolute atomic E-state index is 12.9. The summed E-state index contributed by atoms with van der Waals surface area (Å²) in [5.74, 6) is 1.38. The number of furan rings is 1. The Bertz CT molecular complexity index is 1210. The number of ether oxygens (including phenoxy) is 2. The van der Waals surface area contributed by atoms with Gasteiger partial charge in [0.25, 0.3) is 5.91 Å². The molecule has 0 spiro atoms. The molecule has 4 aromatic rings. The molecule has 4 rings (SSSR count). The zero-order chi connectivity index (χ0) is 21.8. The molecule has 2 aromatic heterocycles. The third-order valence-corrected chi connectivity index (χ3v) is 5.28. The Balaban J connectivity index is 1.48. The second-order valence-electron chi connectivity index (χ2n) is 7.24. The number of rotatable bonds is 9. The summed E-state index contributed by atoms with van der Waals surface area (Å²) in [6, 6.07) is 15.6. The molecule has 2 aromatic carbocycles. The molecule has 162 valence electrons. The number of nitrogens with zero attached hydrogens (tertiary/aromatic N) is 1. The topological polar surface area (TPSA) is 65.6 Å². The minimum absolute atomic E-state index is 0.103. The van der Waals surface area contributed by atoms with Crippen molar-refractivity contribution in [1.82, 2.24) is 9.88 Å². The molecule has 0 aliphatic rings. The van der Waals surface area contributed by atoms with Crippen molar-refractivity contribution in [2.75, 3.05) is 19.8 Å². The zero-order valence-electron chi connectivity index (χ0n) is 18.2. The van der Waals surface area contributed by atoms with Crippen molar-refractivity contribution >= 4 is 28.0 Å². The Morgan fingerprint density at radius 3 is 2.52 bits per heavy atom. The summed E-state index contributed by atoms with van der Waals surface area (Å²) < 4.78 is 19.3. The van der Waals surface area contributed by atoms with Crippen molar-refractivity contribution in [3.05, 3.63) is 59.8 Å². The van der Waals surface area contributed by atoms with Gasteiger partial charge in [-0.2, -0.15) is 0 Å². The van der Waals surface area contributed by atoms with Gasteiger partial charge < -0.3 is 23.8 Å². The van der Waals surface area contributed by atoms with Crippen LogP contribution in [0, 0.1) is 0 Å². The summed E-state index contributed by atoms with van der Waals surface area (Å²) >= 11 is 0. The first-order valence-corrected chi connectivity index (χ1v) is 10.8. The molecule has 2 heterocycles. The quantitative estimate of drug-likeness (QED) is 0.405. The first-order chi connectivity index (χ1) is 15.2. The Morgan fingerprint density at radius 2 is 1.74 bits per heavy atom. The molecular formula is C25H28N2O4. The highest BCUT2D eigenvalue weighted by Crippen LogP contribution is 2.31. The molecule has 0 radical (unpaired) electrons. The van der Waals surface area contributed by atoms with Crippen LogP contribution < -0.4 is 14.8 Å². The van der Waals surface area contributed by atoms with Crippen LogP contribution in [0.3, 0.4) is 0 Å². The van der Waals surface area contributed by atoms with Gasteiger partial charge in [-0.25, -0.2) is 0 Å². The summed E-state index contributed by atoms with van der Waals surface area (Å²) in [4.78, 5) is 12.9. The third kappa shape index (κ3) is 4.10. The average Bonchev–Trinajstić information content (AvgIpc) is 3.31. The number of aryl methyl sites for hydroxylation is 1. The lowest BCUT2D eigenvalue weighted by molar-refractivity contribution is 0.0945. The van der Waals surface area contributed by atoms with Gasteiger partial charge in [0, 0.05) is 24.5 Å². The number of hydrogen-bond acceptors (Lipinski definition) is 4. The molecule has 0 saturated carbocycles. The SMILES string of the molecule is CCOc1ccc(CCNC(=O)c2cc3oc4ccccc4c3n2CC)cc1OCC. The summed E-state index contributed by atoms with van der Waals surface area (Å²) in [7, 11) is 0. The highest BCUT2D eigenvalue weighted by molar-refractivity contribution is 6.07. The van der Waals surface area contributed by atoms with E-state index in [2.05, 4.69) is 5.32 Å². The molecule has 0 aliphatic carbocycles. The van der Waals surface area contributed by atoms with Crippen molar-refractivity contribution in [2.24, 2.45) is 0 Å². The first-order valence-electron chi connectivity index (χ1n) is 10.8. The lowest BCUT2D eigenvalue weighted by atomic mass is 10.1. The number of hydrogen-bond donors (Lipinski definition) is 1. The molecule has 0 aliphatic heterocycles. The van der Waals surface area contributed by atoms with E-state index in [9.17, 15) is 4.79 Å². The van der Waals surface area contributed by atoms with Gasteiger partial charge in [-0.05, 0) is 57.0 Å². The van der Waals surface area contributed by atoms with Gasteiger partial charge in [0.15, 0.2) is 17.1 Å². The smallest absolute Gasteiger partial charge is 0.268 e. The fraction of sp³-hybridized carbons (Fsp3) is 0.320. The van der Waals surface area contributed by atoms with E-state index in [4.69, 9.17) is 13.9 Å².